The number of likely N-dealkylation sites (N-methyl/N-ethyl adjacent to an activating group) is 1. The number of ether oxygens (including phenoxy) is 2. The largest absolute Gasteiger partial charge is 0.385 e. The minimum Gasteiger partial charge on any atom is -0.385 e. The molecule has 0 aromatic rings. The van der Waals surface area contributed by atoms with Crippen molar-refractivity contribution in [2.24, 2.45) is 0 Å². The molecular weight excluding hydrogens is 166 g/mol. The molecule has 0 rings (SSSR count). The second-order valence-electron chi connectivity index (χ2n) is 3.27. The molecule has 0 heterocycles. The van der Waals surface area contributed by atoms with Gasteiger partial charge in [-0.2, -0.15) is 0 Å². The highest BCUT2D eigenvalue weighted by molar-refractivity contribution is 4.66. The fraction of sp³-hybridized carbons (Fsp3) is 1.00. The van der Waals surface area contributed by atoms with E-state index in [1.807, 2.05) is 0 Å². The lowest BCUT2D eigenvalue weighted by Crippen LogP contribution is -2.37. The van der Waals surface area contributed by atoms with E-state index in [1.165, 1.54) is 0 Å². The summed E-state index contributed by atoms with van der Waals surface area (Å²) in [5.74, 6) is 0. The molecule has 3 nitrogen and oxygen atoms in total. The van der Waals surface area contributed by atoms with Crippen LogP contribution in [0, 0.1) is 0 Å². The van der Waals surface area contributed by atoms with Gasteiger partial charge in [0, 0.05) is 26.4 Å². The van der Waals surface area contributed by atoms with Crippen molar-refractivity contribution in [3.8, 4) is 0 Å². The maximum absolute atomic E-state index is 5.62. The Morgan fingerprint density at radius 3 is 2.46 bits per heavy atom. The van der Waals surface area contributed by atoms with E-state index in [1.54, 1.807) is 7.11 Å². The average Bonchev–Trinajstić information content (AvgIpc) is 2.12. The van der Waals surface area contributed by atoms with Crippen molar-refractivity contribution >= 4 is 0 Å². The quantitative estimate of drug-likeness (QED) is 0.586. The van der Waals surface area contributed by atoms with E-state index in [9.17, 15) is 0 Å². The standard InChI is InChI=1S/C10H23NO2/c1-5-11-9(2)10(3)13-8-6-7-12-4/h9-11H,5-8H2,1-4H3. The normalized spacial score (nSPS) is 15.7. The molecule has 0 bridgehead atoms. The van der Waals surface area contributed by atoms with Crippen LogP contribution in [0.1, 0.15) is 27.2 Å². The fourth-order valence-electron chi connectivity index (χ4n) is 1.10. The molecule has 80 valence electrons. The molecule has 3 heteroatoms. The van der Waals surface area contributed by atoms with Gasteiger partial charge in [-0.1, -0.05) is 6.92 Å². The van der Waals surface area contributed by atoms with Gasteiger partial charge < -0.3 is 14.8 Å². The summed E-state index contributed by atoms with van der Waals surface area (Å²) in [6.45, 7) is 8.90. The van der Waals surface area contributed by atoms with E-state index < -0.39 is 0 Å². The van der Waals surface area contributed by atoms with Gasteiger partial charge >= 0.3 is 0 Å². The Balaban J connectivity index is 3.32. The van der Waals surface area contributed by atoms with Gasteiger partial charge in [-0.3, -0.25) is 0 Å². The van der Waals surface area contributed by atoms with Crippen LogP contribution in [-0.2, 0) is 9.47 Å². The predicted molar refractivity (Wildman–Crippen MR) is 55.0 cm³/mol. The van der Waals surface area contributed by atoms with Crippen LogP contribution >= 0.6 is 0 Å². The second-order valence-corrected chi connectivity index (χ2v) is 3.27. The van der Waals surface area contributed by atoms with Gasteiger partial charge in [0.15, 0.2) is 0 Å². The molecular formula is C10H23NO2. The van der Waals surface area contributed by atoms with Crippen LogP contribution in [0.15, 0.2) is 0 Å². The van der Waals surface area contributed by atoms with Crippen molar-refractivity contribution in [3.63, 3.8) is 0 Å². The molecule has 13 heavy (non-hydrogen) atoms. The first kappa shape index (κ1) is 12.9. The number of nitrogens with one attached hydrogen (secondary N) is 1. The summed E-state index contributed by atoms with van der Waals surface area (Å²) in [4.78, 5) is 0. The summed E-state index contributed by atoms with van der Waals surface area (Å²) in [7, 11) is 1.71. The van der Waals surface area contributed by atoms with Gasteiger partial charge in [-0.25, -0.2) is 0 Å². The summed E-state index contributed by atoms with van der Waals surface area (Å²) in [6.07, 6.45) is 1.25. The monoisotopic (exact) mass is 189 g/mol. The third-order valence-electron chi connectivity index (χ3n) is 2.10. The molecule has 0 amide bonds. The summed E-state index contributed by atoms with van der Waals surface area (Å²) in [5.41, 5.74) is 0. The van der Waals surface area contributed by atoms with E-state index >= 15 is 0 Å². The second kappa shape index (κ2) is 8.48. The van der Waals surface area contributed by atoms with E-state index in [0.717, 1.165) is 26.2 Å². The van der Waals surface area contributed by atoms with Crippen LogP contribution in [-0.4, -0.2) is 39.0 Å². The average molecular weight is 189 g/mol. The van der Waals surface area contributed by atoms with Gasteiger partial charge in [-0.05, 0) is 26.8 Å². The molecule has 0 fully saturated rings. The SMILES string of the molecule is CCNC(C)C(C)OCCCOC. The zero-order chi connectivity index (χ0) is 10.1. The lowest BCUT2D eigenvalue weighted by Gasteiger charge is -2.20. The molecule has 0 aliphatic carbocycles. The van der Waals surface area contributed by atoms with Gasteiger partial charge in [0.25, 0.3) is 0 Å². The van der Waals surface area contributed by atoms with Gasteiger partial charge in [0.2, 0.25) is 0 Å². The van der Waals surface area contributed by atoms with Gasteiger partial charge in [0.05, 0.1) is 6.10 Å². The Labute approximate surface area is 81.8 Å². The summed E-state index contributed by atoms with van der Waals surface area (Å²) >= 11 is 0. The Morgan fingerprint density at radius 2 is 1.92 bits per heavy atom. The summed E-state index contributed by atoms with van der Waals surface area (Å²) in [5, 5.41) is 3.33. The molecule has 2 atom stereocenters. The van der Waals surface area contributed by atoms with Crippen LogP contribution in [0.4, 0.5) is 0 Å². The zero-order valence-corrected chi connectivity index (χ0v) is 9.30. The van der Waals surface area contributed by atoms with Crippen molar-refractivity contribution in [2.45, 2.75) is 39.3 Å². The van der Waals surface area contributed by atoms with Crippen molar-refractivity contribution in [1.82, 2.24) is 5.32 Å². The highest BCUT2D eigenvalue weighted by atomic mass is 16.5. The minimum absolute atomic E-state index is 0.275. The van der Waals surface area contributed by atoms with Gasteiger partial charge in [-0.15, -0.1) is 0 Å². The van der Waals surface area contributed by atoms with E-state index in [4.69, 9.17) is 9.47 Å². The molecule has 0 radical (unpaired) electrons. The highest BCUT2D eigenvalue weighted by Crippen LogP contribution is 1.98. The van der Waals surface area contributed by atoms with Crippen molar-refractivity contribution < 1.29 is 9.47 Å². The molecule has 0 aliphatic rings. The fourth-order valence-corrected chi connectivity index (χ4v) is 1.10. The zero-order valence-electron chi connectivity index (χ0n) is 9.30. The molecule has 0 spiro atoms. The highest BCUT2D eigenvalue weighted by Gasteiger charge is 2.10. The van der Waals surface area contributed by atoms with Crippen molar-refractivity contribution in [2.75, 3.05) is 26.9 Å². The predicted octanol–water partition coefficient (Wildman–Crippen LogP) is 1.43. The molecule has 1 N–H and O–H groups in total. The first-order chi connectivity index (χ1) is 6.22. The number of hydrogen-bond acceptors (Lipinski definition) is 3. The van der Waals surface area contributed by atoms with Crippen LogP contribution in [0.3, 0.4) is 0 Å². The Kier molecular flexibility index (Phi) is 8.40. The number of hydrogen-bond donors (Lipinski definition) is 1. The van der Waals surface area contributed by atoms with Crippen molar-refractivity contribution in [3.05, 3.63) is 0 Å². The summed E-state index contributed by atoms with van der Waals surface area (Å²) < 4.78 is 10.6. The van der Waals surface area contributed by atoms with E-state index in [0.29, 0.717) is 6.04 Å². The smallest absolute Gasteiger partial charge is 0.0697 e. The number of rotatable bonds is 8. The summed E-state index contributed by atoms with van der Waals surface area (Å²) in [6, 6.07) is 0.424. The van der Waals surface area contributed by atoms with Crippen LogP contribution in [0.25, 0.3) is 0 Å². The minimum atomic E-state index is 0.275. The molecule has 2 unspecified atom stereocenters. The first-order valence-corrected chi connectivity index (χ1v) is 5.06. The van der Waals surface area contributed by atoms with Gasteiger partial charge in [0.1, 0.15) is 0 Å². The lowest BCUT2D eigenvalue weighted by atomic mass is 10.2. The maximum Gasteiger partial charge on any atom is 0.0697 e. The maximum atomic E-state index is 5.62. The Morgan fingerprint density at radius 1 is 1.23 bits per heavy atom. The topological polar surface area (TPSA) is 30.5 Å². The Hall–Kier alpha value is -0.120. The Bertz CT molecular complexity index is 109. The van der Waals surface area contributed by atoms with Crippen LogP contribution < -0.4 is 5.32 Å². The third-order valence-corrected chi connectivity index (χ3v) is 2.10. The molecule has 0 aromatic heterocycles. The van der Waals surface area contributed by atoms with E-state index in [2.05, 4.69) is 26.1 Å². The van der Waals surface area contributed by atoms with Crippen molar-refractivity contribution in [1.29, 1.82) is 0 Å². The molecule has 0 aromatic carbocycles. The molecule has 0 aliphatic heterocycles. The molecule has 0 saturated carbocycles. The van der Waals surface area contributed by atoms with E-state index in [-0.39, 0.29) is 6.10 Å². The first-order valence-electron chi connectivity index (χ1n) is 5.06. The lowest BCUT2D eigenvalue weighted by molar-refractivity contribution is 0.0317. The van der Waals surface area contributed by atoms with Crippen LogP contribution in [0.5, 0.6) is 0 Å². The third kappa shape index (κ3) is 6.99. The van der Waals surface area contributed by atoms with Crippen LogP contribution in [0.2, 0.25) is 0 Å². The number of methoxy groups -OCH3 is 1. The molecule has 0 saturated heterocycles.